The molecule has 0 aliphatic carbocycles. The van der Waals surface area contributed by atoms with Crippen molar-refractivity contribution in [2.24, 2.45) is 4.99 Å². The molecule has 1 fully saturated rings. The minimum Gasteiger partial charge on any atom is -0.478 e. The molecule has 1 aliphatic heterocycles. The lowest BCUT2D eigenvalue weighted by molar-refractivity contribution is 0.0692. The van der Waals surface area contributed by atoms with Gasteiger partial charge in [-0.15, -0.1) is 0 Å². The van der Waals surface area contributed by atoms with Gasteiger partial charge >= 0.3 is 5.97 Å². The third-order valence-electron chi connectivity index (χ3n) is 2.69. The molecule has 1 aromatic rings. The van der Waals surface area contributed by atoms with Crippen LogP contribution in [-0.2, 0) is 0 Å². The molecule has 0 saturated carbocycles. The van der Waals surface area contributed by atoms with E-state index < -0.39 is 11.9 Å². The number of amidine groups is 1. The smallest absolute Gasteiger partial charge is 0.336 e. The maximum atomic E-state index is 12.0. The van der Waals surface area contributed by atoms with E-state index in [1.807, 2.05) is 0 Å². The van der Waals surface area contributed by atoms with Crippen molar-refractivity contribution < 1.29 is 14.7 Å². The van der Waals surface area contributed by atoms with Crippen molar-refractivity contribution in [3.05, 3.63) is 35.4 Å². The quantitative estimate of drug-likeness (QED) is 0.883. The van der Waals surface area contributed by atoms with E-state index in [-0.39, 0.29) is 16.5 Å². The van der Waals surface area contributed by atoms with E-state index in [9.17, 15) is 9.59 Å². The van der Waals surface area contributed by atoms with E-state index in [2.05, 4.69) is 22.8 Å². The zero-order valence-electron chi connectivity index (χ0n) is 10.9. The van der Waals surface area contributed by atoms with Gasteiger partial charge in [-0.05, 0) is 18.6 Å². The Morgan fingerprint density at radius 2 is 2.10 bits per heavy atom. The normalized spacial score (nSPS) is 19.9. The summed E-state index contributed by atoms with van der Waals surface area (Å²) in [6.07, 6.45) is 1.93. The lowest BCUT2D eigenvalue weighted by atomic mass is 10.1. The molecule has 1 aromatic carbocycles. The van der Waals surface area contributed by atoms with Crippen molar-refractivity contribution in [3.63, 3.8) is 0 Å². The van der Waals surface area contributed by atoms with Gasteiger partial charge in [0.05, 0.1) is 16.5 Å². The predicted molar refractivity (Wildman–Crippen MR) is 76.7 cm³/mol. The number of nitrogens with zero attached hydrogens (tertiary/aromatic N) is 2. The number of aliphatic imine (C=N–C) groups is 1. The van der Waals surface area contributed by atoms with Gasteiger partial charge < -0.3 is 5.11 Å². The van der Waals surface area contributed by atoms with Crippen LogP contribution in [0.15, 0.2) is 29.3 Å². The van der Waals surface area contributed by atoms with Crippen molar-refractivity contribution >= 4 is 28.8 Å². The summed E-state index contributed by atoms with van der Waals surface area (Å²) in [5, 5.41) is 9.51. The number of thioether (sulfide) groups is 1. The number of benzene rings is 1. The van der Waals surface area contributed by atoms with Crippen LogP contribution >= 0.6 is 11.8 Å². The first-order valence-electron chi connectivity index (χ1n) is 6.20. The summed E-state index contributed by atoms with van der Waals surface area (Å²) in [5.41, 5.74) is 6.88. The summed E-state index contributed by atoms with van der Waals surface area (Å²) in [4.78, 5) is 27.0. The molecule has 1 unspecified atom stereocenters. The Morgan fingerprint density at radius 1 is 1.40 bits per heavy atom. The van der Waals surface area contributed by atoms with Crippen LogP contribution in [0, 0.1) is 0 Å². The summed E-state index contributed by atoms with van der Waals surface area (Å²) in [5.74, 6) is -1.74. The van der Waals surface area contributed by atoms with Crippen molar-refractivity contribution in [3.8, 4) is 0 Å². The molecule has 7 heteroatoms. The van der Waals surface area contributed by atoms with Gasteiger partial charge in [-0.1, -0.05) is 37.2 Å². The third kappa shape index (κ3) is 3.37. The maximum absolute atomic E-state index is 12.0. The van der Waals surface area contributed by atoms with Crippen LogP contribution in [0.4, 0.5) is 0 Å². The van der Waals surface area contributed by atoms with Crippen molar-refractivity contribution in [2.45, 2.75) is 25.1 Å². The van der Waals surface area contributed by atoms with Crippen LogP contribution in [0.1, 0.15) is 40.5 Å². The SMILES string of the molecule is CCCC1N[N]C(=NC(=O)c2ccccc2C(=O)O)S1. The number of carbonyl (C=O) groups excluding carboxylic acids is 1. The Kier molecular flexibility index (Phi) is 4.75. The average molecular weight is 292 g/mol. The zero-order valence-corrected chi connectivity index (χ0v) is 11.7. The van der Waals surface area contributed by atoms with Gasteiger partial charge in [0.15, 0.2) is 0 Å². The predicted octanol–water partition coefficient (Wildman–Crippen LogP) is 1.86. The van der Waals surface area contributed by atoms with E-state index in [0.717, 1.165) is 12.8 Å². The third-order valence-corrected chi connectivity index (χ3v) is 3.71. The molecule has 2 N–H and O–H groups in total. The summed E-state index contributed by atoms with van der Waals surface area (Å²) in [6, 6.07) is 6.01. The van der Waals surface area contributed by atoms with Crippen LogP contribution in [0.3, 0.4) is 0 Å². The molecule has 1 radical (unpaired) electrons. The largest absolute Gasteiger partial charge is 0.478 e. The minimum atomic E-state index is -1.15. The van der Waals surface area contributed by atoms with Gasteiger partial charge in [-0.3, -0.25) is 4.79 Å². The van der Waals surface area contributed by atoms with Gasteiger partial charge in [0, 0.05) is 0 Å². The number of nitrogens with one attached hydrogen (secondary N) is 1. The molecule has 20 heavy (non-hydrogen) atoms. The molecule has 2 rings (SSSR count). The maximum Gasteiger partial charge on any atom is 0.336 e. The first-order valence-corrected chi connectivity index (χ1v) is 7.08. The Balaban J connectivity index is 2.15. The number of amides is 1. The van der Waals surface area contributed by atoms with Gasteiger partial charge in [-0.2, -0.15) is 15.8 Å². The molecule has 1 atom stereocenters. The highest BCUT2D eigenvalue weighted by atomic mass is 32.2. The molecule has 1 saturated heterocycles. The minimum absolute atomic E-state index is 0.0529. The number of carboxylic acids is 1. The van der Waals surface area contributed by atoms with E-state index in [0.29, 0.717) is 5.17 Å². The van der Waals surface area contributed by atoms with Crippen molar-refractivity contribution in [1.29, 1.82) is 0 Å². The van der Waals surface area contributed by atoms with Gasteiger partial charge in [0.1, 0.15) is 0 Å². The Hall–Kier alpha value is -1.86. The van der Waals surface area contributed by atoms with E-state index in [1.54, 1.807) is 12.1 Å². The van der Waals surface area contributed by atoms with Crippen LogP contribution in [0.5, 0.6) is 0 Å². The molecule has 6 nitrogen and oxygen atoms in total. The Labute approximate surface area is 120 Å². The van der Waals surface area contributed by atoms with Crippen LogP contribution in [-0.4, -0.2) is 27.5 Å². The second-order valence-electron chi connectivity index (χ2n) is 4.19. The zero-order chi connectivity index (χ0) is 14.5. The Bertz CT molecular complexity index is 560. The summed E-state index contributed by atoms with van der Waals surface area (Å²) >= 11 is 1.38. The van der Waals surface area contributed by atoms with Crippen LogP contribution in [0.2, 0.25) is 0 Å². The second kappa shape index (κ2) is 6.53. The lowest BCUT2D eigenvalue weighted by Gasteiger charge is -2.02. The molecule has 105 valence electrons. The fraction of sp³-hybridized carbons (Fsp3) is 0.308. The van der Waals surface area contributed by atoms with Crippen LogP contribution < -0.4 is 10.9 Å². The topological polar surface area (TPSA) is 92.9 Å². The van der Waals surface area contributed by atoms with Gasteiger partial charge in [-0.25, -0.2) is 4.79 Å². The number of aromatic carboxylic acids is 1. The molecule has 0 spiro atoms. The molecular formula is C13H14N3O3S. The van der Waals surface area contributed by atoms with Crippen molar-refractivity contribution in [2.75, 3.05) is 0 Å². The van der Waals surface area contributed by atoms with Gasteiger partial charge in [0.2, 0.25) is 5.17 Å². The van der Waals surface area contributed by atoms with Crippen LogP contribution in [0.25, 0.3) is 0 Å². The highest BCUT2D eigenvalue weighted by Gasteiger charge is 2.23. The number of rotatable bonds is 4. The molecule has 1 amide bonds. The number of hydrogen-bond acceptors (Lipinski definition) is 4. The summed E-state index contributed by atoms with van der Waals surface area (Å²) < 4.78 is 0. The first kappa shape index (κ1) is 14.5. The standard InChI is InChI=1S/C13H14N3O3S/c1-2-5-10-15-16-13(20-10)14-11(17)8-6-3-4-7-9(8)12(18)19/h3-4,6-7,10,15H,2,5H2,1H3,(H,18,19). The summed E-state index contributed by atoms with van der Waals surface area (Å²) in [6.45, 7) is 2.06. The van der Waals surface area contributed by atoms with Crippen molar-refractivity contribution in [1.82, 2.24) is 10.9 Å². The van der Waals surface area contributed by atoms with Gasteiger partial charge in [0.25, 0.3) is 5.91 Å². The molecular weight excluding hydrogens is 278 g/mol. The number of carboxylic acid groups (broad SMARTS) is 1. The van der Waals surface area contributed by atoms with E-state index in [4.69, 9.17) is 5.11 Å². The fourth-order valence-electron chi connectivity index (χ4n) is 1.75. The second-order valence-corrected chi connectivity index (χ2v) is 5.36. The molecule has 1 aliphatic rings. The highest BCUT2D eigenvalue weighted by Crippen LogP contribution is 2.20. The number of hydrogen-bond donors (Lipinski definition) is 2. The molecule has 0 bridgehead atoms. The highest BCUT2D eigenvalue weighted by molar-refractivity contribution is 8.14. The molecule has 0 aromatic heterocycles. The Morgan fingerprint density at radius 3 is 2.75 bits per heavy atom. The monoisotopic (exact) mass is 292 g/mol. The van der Waals surface area contributed by atoms with E-state index >= 15 is 0 Å². The lowest BCUT2D eigenvalue weighted by Crippen LogP contribution is -2.25. The molecule has 1 heterocycles. The number of carbonyl (C=O) groups is 2. The fourth-order valence-corrected chi connectivity index (χ4v) is 2.70. The first-order chi connectivity index (χ1) is 9.61. The summed E-state index contributed by atoms with van der Waals surface area (Å²) in [7, 11) is 0. The van der Waals surface area contributed by atoms with E-state index in [1.165, 1.54) is 23.9 Å². The average Bonchev–Trinajstić information content (AvgIpc) is 2.86.